The second-order valence-corrected chi connectivity index (χ2v) is 9.45. The average molecular weight is 576 g/mol. The van der Waals surface area contributed by atoms with E-state index in [-0.39, 0.29) is 5.91 Å². The number of carbonyl (C=O) groups is 1. The van der Waals surface area contributed by atoms with Gasteiger partial charge in [-0.3, -0.25) is 9.78 Å². The molecule has 0 radical (unpaired) electrons. The third-order valence-corrected chi connectivity index (χ3v) is 5.97. The maximum absolute atomic E-state index is 11.9. The van der Waals surface area contributed by atoms with Crippen molar-refractivity contribution < 1.29 is 4.79 Å². The van der Waals surface area contributed by atoms with E-state index in [1.165, 1.54) is 22.3 Å². The molecule has 37 heavy (non-hydrogen) atoms. The molecule has 0 aliphatic heterocycles. The largest absolute Gasteiger partial charge is 0.345 e. The zero-order chi connectivity index (χ0) is 29.6. The zero-order valence-electron chi connectivity index (χ0n) is 26.1. The van der Waals surface area contributed by atoms with E-state index in [0.29, 0.717) is 11.5 Å². The predicted molar refractivity (Wildman–Crippen MR) is 172 cm³/mol. The summed E-state index contributed by atoms with van der Waals surface area (Å²) in [5.41, 5.74) is 6.84. The van der Waals surface area contributed by atoms with Crippen LogP contribution in [-0.2, 0) is 4.79 Å². The number of hydrogen-bond donors (Lipinski definition) is 0. The summed E-state index contributed by atoms with van der Waals surface area (Å²) in [6.45, 7) is 26.7. The van der Waals surface area contributed by atoms with Gasteiger partial charge in [-0.1, -0.05) is 114 Å². The summed E-state index contributed by atoms with van der Waals surface area (Å²) in [5.74, 6) is 0.567. The van der Waals surface area contributed by atoms with Crippen LogP contribution < -0.4 is 0 Å². The fraction of sp³-hybridized carbons (Fsp3) is 0.515. The smallest absolute Gasteiger partial charge is 0.253 e. The topological polar surface area (TPSA) is 33.2 Å². The summed E-state index contributed by atoms with van der Waals surface area (Å²) in [4.78, 5) is 17.7. The Bertz CT molecular complexity index is 883. The maximum atomic E-state index is 11.9. The number of rotatable bonds is 9. The standard InChI is InChI=1S/C17H27NO.C12H16BrN.2C2H6/c1-7-10-16(11-8-2)14(4)12-13-15(9-3)17(19)18(5)6;1-8(2)9(3)7-11-10(4)14-6-5-12(11)13;2*1-2/h9-10,12-13H,3,7-8,11H2,1-2,4-6H3;5-8H,1-4H3;2*1-2H3/b14-12+,15-13+,16-10+;9-7+;;. The molecule has 1 rings (SSSR count). The summed E-state index contributed by atoms with van der Waals surface area (Å²) in [6, 6.07) is 1.98. The SMILES string of the molecule is C/C(=C\c1c(Br)ccnc1C)C(C)C.C=C\C(=C/C=C(C)/C(=C/CC)CCC)C(=O)N(C)C.CC.CC. The van der Waals surface area contributed by atoms with Gasteiger partial charge in [0.25, 0.3) is 5.91 Å². The zero-order valence-corrected chi connectivity index (χ0v) is 27.7. The van der Waals surface area contributed by atoms with Gasteiger partial charge < -0.3 is 4.90 Å². The van der Waals surface area contributed by atoms with E-state index in [1.807, 2.05) is 59.0 Å². The fourth-order valence-electron chi connectivity index (χ4n) is 2.90. The highest BCUT2D eigenvalue weighted by atomic mass is 79.9. The van der Waals surface area contributed by atoms with Crippen LogP contribution in [0.1, 0.15) is 99.8 Å². The lowest BCUT2D eigenvalue weighted by atomic mass is 10.0. The molecule has 1 heterocycles. The second-order valence-electron chi connectivity index (χ2n) is 8.60. The third-order valence-electron chi connectivity index (χ3n) is 5.28. The van der Waals surface area contributed by atoms with Crippen molar-refractivity contribution in [3.8, 4) is 0 Å². The first kappa shape index (κ1) is 39.3. The first-order valence-corrected chi connectivity index (χ1v) is 14.5. The molecule has 0 saturated carbocycles. The van der Waals surface area contributed by atoms with Gasteiger partial charge in [-0.25, -0.2) is 0 Å². The highest BCUT2D eigenvalue weighted by molar-refractivity contribution is 9.10. The number of likely N-dealkylation sites (N-methyl/N-ethyl adjacent to an activating group) is 1. The lowest BCUT2D eigenvalue weighted by Gasteiger charge is -2.10. The summed E-state index contributed by atoms with van der Waals surface area (Å²) < 4.78 is 1.12. The molecule has 0 unspecified atom stereocenters. The Hall–Kier alpha value is -2.20. The molecule has 0 N–H and O–H groups in total. The Morgan fingerprint density at radius 1 is 1.11 bits per heavy atom. The Balaban J connectivity index is -0.000000566. The molecule has 0 bridgehead atoms. The Morgan fingerprint density at radius 3 is 2.08 bits per heavy atom. The van der Waals surface area contributed by atoms with Gasteiger partial charge in [-0.2, -0.15) is 0 Å². The van der Waals surface area contributed by atoms with Crippen molar-refractivity contribution in [2.75, 3.05) is 14.1 Å². The first-order valence-electron chi connectivity index (χ1n) is 13.7. The van der Waals surface area contributed by atoms with E-state index >= 15 is 0 Å². The molecular formula is C33H55BrN2O. The molecule has 0 atom stereocenters. The molecule has 3 nitrogen and oxygen atoms in total. The van der Waals surface area contributed by atoms with Crippen LogP contribution in [0, 0.1) is 12.8 Å². The molecule has 0 aromatic carbocycles. The maximum Gasteiger partial charge on any atom is 0.253 e. The highest BCUT2D eigenvalue weighted by Gasteiger charge is 2.07. The Labute approximate surface area is 238 Å². The molecule has 0 aliphatic rings. The van der Waals surface area contributed by atoms with Crippen LogP contribution in [0.25, 0.3) is 6.08 Å². The van der Waals surface area contributed by atoms with Gasteiger partial charge in [0.05, 0.1) is 0 Å². The van der Waals surface area contributed by atoms with Crippen molar-refractivity contribution in [2.24, 2.45) is 5.92 Å². The van der Waals surface area contributed by atoms with E-state index in [2.05, 4.69) is 81.2 Å². The van der Waals surface area contributed by atoms with Gasteiger partial charge in [0.1, 0.15) is 0 Å². The number of amides is 1. The van der Waals surface area contributed by atoms with Crippen molar-refractivity contribution in [1.82, 2.24) is 9.88 Å². The van der Waals surface area contributed by atoms with Crippen LogP contribution >= 0.6 is 15.9 Å². The lowest BCUT2D eigenvalue weighted by molar-refractivity contribution is -0.124. The minimum absolute atomic E-state index is 0.0180. The van der Waals surface area contributed by atoms with E-state index in [4.69, 9.17) is 0 Å². The number of hydrogen-bond acceptors (Lipinski definition) is 2. The van der Waals surface area contributed by atoms with Gasteiger partial charge in [0.2, 0.25) is 0 Å². The molecule has 0 aliphatic carbocycles. The molecule has 0 saturated heterocycles. The summed E-state index contributed by atoms with van der Waals surface area (Å²) in [7, 11) is 3.49. The van der Waals surface area contributed by atoms with E-state index in [0.717, 1.165) is 29.4 Å². The number of pyridine rings is 1. The van der Waals surface area contributed by atoms with E-state index in [1.54, 1.807) is 25.1 Å². The van der Waals surface area contributed by atoms with Crippen LogP contribution in [0.2, 0.25) is 0 Å². The predicted octanol–water partition coefficient (Wildman–Crippen LogP) is 10.5. The highest BCUT2D eigenvalue weighted by Crippen LogP contribution is 2.23. The average Bonchev–Trinajstić information content (AvgIpc) is 2.88. The molecule has 1 aromatic rings. The quantitative estimate of drug-likeness (QED) is 0.217. The second kappa shape index (κ2) is 24.2. The Kier molecular flexibility index (Phi) is 25.7. The summed E-state index contributed by atoms with van der Waals surface area (Å²) in [5, 5.41) is 0. The number of aromatic nitrogens is 1. The monoisotopic (exact) mass is 574 g/mol. The van der Waals surface area contributed by atoms with Gasteiger partial charge in [0.15, 0.2) is 0 Å². The molecule has 0 fully saturated rings. The molecular weight excluding hydrogens is 520 g/mol. The van der Waals surface area contributed by atoms with Crippen molar-refractivity contribution >= 4 is 27.9 Å². The number of nitrogens with zero attached hydrogens (tertiary/aromatic N) is 2. The minimum Gasteiger partial charge on any atom is -0.345 e. The van der Waals surface area contributed by atoms with Gasteiger partial charge in [0, 0.05) is 41.6 Å². The van der Waals surface area contributed by atoms with Crippen molar-refractivity contribution in [3.05, 3.63) is 81.2 Å². The molecule has 1 aromatic heterocycles. The lowest BCUT2D eigenvalue weighted by Crippen LogP contribution is -2.22. The van der Waals surface area contributed by atoms with Crippen LogP contribution in [0.15, 0.2) is 69.9 Å². The molecule has 0 spiro atoms. The molecule has 210 valence electrons. The number of aryl methyl sites for hydroxylation is 1. The van der Waals surface area contributed by atoms with Crippen LogP contribution in [0.4, 0.5) is 0 Å². The van der Waals surface area contributed by atoms with Gasteiger partial charge in [-0.15, -0.1) is 0 Å². The minimum atomic E-state index is -0.0180. The van der Waals surface area contributed by atoms with Crippen molar-refractivity contribution in [3.63, 3.8) is 0 Å². The molecule has 1 amide bonds. The third kappa shape index (κ3) is 17.0. The van der Waals surface area contributed by atoms with Gasteiger partial charge >= 0.3 is 0 Å². The molecule has 4 heteroatoms. The van der Waals surface area contributed by atoms with Crippen LogP contribution in [0.5, 0.6) is 0 Å². The normalized spacial score (nSPS) is 11.9. The number of allylic oxidation sites excluding steroid dienone is 6. The van der Waals surface area contributed by atoms with E-state index < -0.39 is 0 Å². The van der Waals surface area contributed by atoms with E-state index in [9.17, 15) is 4.79 Å². The summed E-state index contributed by atoms with van der Waals surface area (Å²) in [6.07, 6.45) is 15.0. The number of halogens is 1. The van der Waals surface area contributed by atoms with Crippen molar-refractivity contribution in [1.29, 1.82) is 0 Å². The Morgan fingerprint density at radius 2 is 1.68 bits per heavy atom. The summed E-state index contributed by atoms with van der Waals surface area (Å²) >= 11 is 3.54. The van der Waals surface area contributed by atoms with Crippen molar-refractivity contribution in [2.45, 2.75) is 95.4 Å². The van der Waals surface area contributed by atoms with Gasteiger partial charge in [-0.05, 0) is 62.8 Å². The fourth-order valence-corrected chi connectivity index (χ4v) is 3.42. The van der Waals surface area contributed by atoms with Crippen LogP contribution in [-0.4, -0.2) is 29.9 Å². The number of carbonyl (C=O) groups excluding carboxylic acids is 1. The van der Waals surface area contributed by atoms with Crippen LogP contribution in [0.3, 0.4) is 0 Å². The first-order chi connectivity index (χ1) is 17.5.